The molecule has 8 aromatic carbocycles. The number of thiophene rings is 1. The molecule has 3 heterocycles. The Labute approximate surface area is 327 Å². The number of furan rings is 1. The predicted octanol–water partition coefficient (Wildman–Crippen LogP) is 14.1. The van der Waals surface area contributed by atoms with Gasteiger partial charge in [0.25, 0.3) is 0 Å². The highest BCUT2D eigenvalue weighted by Crippen LogP contribution is 2.38. The van der Waals surface area contributed by atoms with Crippen LogP contribution in [0.5, 0.6) is 0 Å². The van der Waals surface area contributed by atoms with Crippen molar-refractivity contribution in [1.29, 1.82) is 0 Å². The molecule has 11 aromatic rings. The minimum atomic E-state index is 0.627. The molecular weight excluding hydrogens is 703 g/mol. The van der Waals surface area contributed by atoms with Crippen LogP contribution in [0.4, 0.5) is 0 Å². The molecule has 4 nitrogen and oxygen atoms in total. The summed E-state index contributed by atoms with van der Waals surface area (Å²) in [6.07, 6.45) is 0. The van der Waals surface area contributed by atoms with Crippen LogP contribution in [0.1, 0.15) is 0 Å². The summed E-state index contributed by atoms with van der Waals surface area (Å²) in [6, 6.07) is 65.8. The Morgan fingerprint density at radius 3 is 1.52 bits per heavy atom. The molecule has 0 aliphatic heterocycles. The zero-order chi connectivity index (χ0) is 37.0. The fourth-order valence-corrected chi connectivity index (χ4v) is 8.84. The fourth-order valence-electron chi connectivity index (χ4n) is 7.69. The Morgan fingerprint density at radius 1 is 0.286 bits per heavy atom. The van der Waals surface area contributed by atoms with E-state index in [9.17, 15) is 0 Å². The Bertz CT molecular complexity index is 3250. The van der Waals surface area contributed by atoms with Crippen LogP contribution in [0.25, 0.3) is 110 Å². The van der Waals surface area contributed by atoms with E-state index in [4.69, 9.17) is 19.4 Å². The van der Waals surface area contributed by atoms with Crippen LogP contribution in [0.15, 0.2) is 192 Å². The molecule has 0 aliphatic rings. The Balaban J connectivity index is 0.998. The van der Waals surface area contributed by atoms with E-state index in [1.165, 1.54) is 25.7 Å². The van der Waals surface area contributed by atoms with Crippen molar-refractivity contribution >= 4 is 53.4 Å². The van der Waals surface area contributed by atoms with Gasteiger partial charge < -0.3 is 4.42 Å². The first kappa shape index (κ1) is 32.2. The molecule has 11 rings (SSSR count). The van der Waals surface area contributed by atoms with Crippen LogP contribution in [0, 0.1) is 0 Å². The van der Waals surface area contributed by atoms with Gasteiger partial charge in [-0.05, 0) is 75.8 Å². The maximum absolute atomic E-state index is 6.22. The van der Waals surface area contributed by atoms with Crippen molar-refractivity contribution in [3.05, 3.63) is 188 Å². The van der Waals surface area contributed by atoms with Crippen molar-refractivity contribution in [2.24, 2.45) is 0 Å². The molecule has 56 heavy (non-hydrogen) atoms. The molecule has 0 unspecified atom stereocenters. The van der Waals surface area contributed by atoms with E-state index in [2.05, 4.69) is 170 Å². The van der Waals surface area contributed by atoms with Crippen molar-refractivity contribution in [2.75, 3.05) is 0 Å². The maximum Gasteiger partial charge on any atom is 0.164 e. The van der Waals surface area contributed by atoms with E-state index >= 15 is 0 Å². The summed E-state index contributed by atoms with van der Waals surface area (Å²) in [5.74, 6) is 1.90. The molecule has 0 bridgehead atoms. The van der Waals surface area contributed by atoms with Crippen LogP contribution in [0.2, 0.25) is 0 Å². The van der Waals surface area contributed by atoms with Crippen LogP contribution in [-0.4, -0.2) is 15.0 Å². The molecule has 0 amide bonds. The van der Waals surface area contributed by atoms with Crippen molar-refractivity contribution in [1.82, 2.24) is 15.0 Å². The van der Waals surface area contributed by atoms with Crippen LogP contribution >= 0.6 is 11.3 Å². The number of aromatic nitrogens is 3. The SMILES string of the molecule is c1ccc(-c2ccc(-c3nc(-c4cccc(-c5cccc(-c6ccc7c(c6)oc6ccccc67)c5)c4)nc(-c4ccc5c(c4)sc4ccccc45)n3)cc2)cc1. The highest BCUT2D eigenvalue weighted by Gasteiger charge is 2.16. The molecule has 0 aliphatic carbocycles. The fraction of sp³-hybridized carbons (Fsp3) is 0. The van der Waals surface area contributed by atoms with Gasteiger partial charge in [-0.1, -0.05) is 146 Å². The van der Waals surface area contributed by atoms with E-state index in [1.54, 1.807) is 11.3 Å². The number of rotatable bonds is 6. The van der Waals surface area contributed by atoms with Gasteiger partial charge in [-0.25, -0.2) is 15.0 Å². The summed E-state index contributed by atoms with van der Waals surface area (Å²) in [5.41, 5.74) is 11.3. The second-order valence-corrected chi connectivity index (χ2v) is 15.1. The average Bonchev–Trinajstić information content (AvgIpc) is 3.84. The van der Waals surface area contributed by atoms with E-state index in [0.717, 1.165) is 66.4 Å². The second kappa shape index (κ2) is 13.3. The lowest BCUT2D eigenvalue weighted by molar-refractivity contribution is 0.669. The normalized spacial score (nSPS) is 11.6. The summed E-state index contributed by atoms with van der Waals surface area (Å²) in [4.78, 5) is 15.4. The summed E-state index contributed by atoms with van der Waals surface area (Å²) in [6.45, 7) is 0. The van der Waals surface area contributed by atoms with Gasteiger partial charge in [-0.3, -0.25) is 0 Å². The first-order valence-electron chi connectivity index (χ1n) is 18.7. The summed E-state index contributed by atoms with van der Waals surface area (Å²) >= 11 is 1.79. The standard InChI is InChI=1S/C51H31N3OS/c1-2-10-32(11-3-1)33-20-22-34(23-21-33)49-52-50(54-51(53-49)40-25-27-44-43-17-5-7-19-47(43)56-48(44)31-40)39-15-9-14-37(29-39)35-12-8-13-36(28-35)38-24-26-42-41-16-4-6-18-45(41)55-46(42)30-38/h1-31H. The first-order valence-corrected chi connectivity index (χ1v) is 19.5. The van der Waals surface area contributed by atoms with Gasteiger partial charge in [-0.2, -0.15) is 0 Å². The van der Waals surface area contributed by atoms with Crippen LogP contribution in [0.3, 0.4) is 0 Å². The molecule has 262 valence electrons. The van der Waals surface area contributed by atoms with Gasteiger partial charge in [0.2, 0.25) is 0 Å². The van der Waals surface area contributed by atoms with Gasteiger partial charge >= 0.3 is 0 Å². The molecule has 0 saturated heterocycles. The number of fused-ring (bicyclic) bond motifs is 6. The molecule has 5 heteroatoms. The molecule has 0 spiro atoms. The summed E-state index contributed by atoms with van der Waals surface area (Å²) < 4.78 is 8.70. The maximum atomic E-state index is 6.22. The number of para-hydroxylation sites is 1. The monoisotopic (exact) mass is 733 g/mol. The number of hydrogen-bond donors (Lipinski definition) is 0. The molecule has 0 fully saturated rings. The quantitative estimate of drug-likeness (QED) is 0.171. The number of hydrogen-bond acceptors (Lipinski definition) is 5. The number of nitrogens with zero attached hydrogens (tertiary/aromatic N) is 3. The minimum Gasteiger partial charge on any atom is -0.456 e. The lowest BCUT2D eigenvalue weighted by atomic mass is 9.97. The average molecular weight is 734 g/mol. The topological polar surface area (TPSA) is 51.8 Å². The van der Waals surface area contributed by atoms with E-state index in [0.29, 0.717) is 17.5 Å². The van der Waals surface area contributed by atoms with Crippen molar-refractivity contribution in [3.8, 4) is 67.5 Å². The van der Waals surface area contributed by atoms with Gasteiger partial charge in [0, 0.05) is 47.6 Å². The molecule has 0 radical (unpaired) electrons. The Morgan fingerprint density at radius 2 is 0.750 bits per heavy atom. The molecular formula is C51H31N3OS. The van der Waals surface area contributed by atoms with Gasteiger partial charge in [-0.15, -0.1) is 11.3 Å². The third-order valence-corrected chi connectivity index (χ3v) is 11.7. The van der Waals surface area contributed by atoms with Gasteiger partial charge in [0.15, 0.2) is 17.5 Å². The molecule has 0 N–H and O–H groups in total. The first-order chi connectivity index (χ1) is 27.7. The van der Waals surface area contributed by atoms with Crippen molar-refractivity contribution in [3.63, 3.8) is 0 Å². The lowest BCUT2D eigenvalue weighted by Crippen LogP contribution is -2.00. The Kier molecular flexibility index (Phi) is 7.64. The van der Waals surface area contributed by atoms with E-state index in [1.807, 2.05) is 18.2 Å². The second-order valence-electron chi connectivity index (χ2n) is 14.0. The predicted molar refractivity (Wildman–Crippen MR) is 233 cm³/mol. The van der Waals surface area contributed by atoms with Crippen molar-refractivity contribution in [2.45, 2.75) is 0 Å². The minimum absolute atomic E-state index is 0.627. The van der Waals surface area contributed by atoms with E-state index in [-0.39, 0.29) is 0 Å². The third kappa shape index (κ3) is 5.74. The highest BCUT2D eigenvalue weighted by atomic mass is 32.1. The van der Waals surface area contributed by atoms with E-state index < -0.39 is 0 Å². The molecule has 3 aromatic heterocycles. The summed E-state index contributed by atoms with van der Waals surface area (Å²) in [5, 5.41) is 4.77. The van der Waals surface area contributed by atoms with Crippen LogP contribution in [-0.2, 0) is 0 Å². The molecule has 0 atom stereocenters. The zero-order valence-corrected chi connectivity index (χ0v) is 30.9. The van der Waals surface area contributed by atoms with Gasteiger partial charge in [0.1, 0.15) is 11.2 Å². The van der Waals surface area contributed by atoms with Gasteiger partial charge in [0.05, 0.1) is 0 Å². The van der Waals surface area contributed by atoms with Crippen molar-refractivity contribution < 1.29 is 4.42 Å². The smallest absolute Gasteiger partial charge is 0.164 e. The Hall–Kier alpha value is -7.21. The molecule has 0 saturated carbocycles. The number of benzene rings is 8. The van der Waals surface area contributed by atoms with Crippen LogP contribution < -0.4 is 0 Å². The largest absolute Gasteiger partial charge is 0.456 e. The lowest BCUT2D eigenvalue weighted by Gasteiger charge is -2.11. The third-order valence-electron chi connectivity index (χ3n) is 10.6. The summed E-state index contributed by atoms with van der Waals surface area (Å²) in [7, 11) is 0. The zero-order valence-electron chi connectivity index (χ0n) is 30.1. The highest BCUT2D eigenvalue weighted by molar-refractivity contribution is 7.25.